The zero-order valence-electron chi connectivity index (χ0n) is 13.4. The van der Waals surface area contributed by atoms with Crippen molar-refractivity contribution in [2.24, 2.45) is 5.92 Å². The van der Waals surface area contributed by atoms with Gasteiger partial charge in [-0.1, -0.05) is 23.2 Å². The summed E-state index contributed by atoms with van der Waals surface area (Å²) in [5.74, 6) is 0.416. The molecule has 1 aromatic carbocycles. The third kappa shape index (κ3) is 4.41. The van der Waals surface area contributed by atoms with Crippen LogP contribution in [0.15, 0.2) is 18.2 Å². The molecule has 24 heavy (non-hydrogen) atoms. The van der Waals surface area contributed by atoms with E-state index >= 15 is 0 Å². The second kappa shape index (κ2) is 7.72. The summed E-state index contributed by atoms with van der Waals surface area (Å²) in [5, 5.41) is 3.74. The van der Waals surface area contributed by atoms with E-state index in [-0.39, 0.29) is 5.91 Å². The van der Waals surface area contributed by atoms with Crippen LogP contribution < -0.4 is 5.32 Å². The quantitative estimate of drug-likeness (QED) is 0.865. The zero-order chi connectivity index (χ0) is 17.1. The van der Waals surface area contributed by atoms with Crippen molar-refractivity contribution in [1.29, 1.82) is 0 Å². The third-order valence-corrected chi connectivity index (χ3v) is 5.05. The predicted octanol–water partition coefficient (Wildman–Crippen LogP) is 2.28. The summed E-state index contributed by atoms with van der Waals surface area (Å²) in [6.45, 7) is 4.60. The Balaban J connectivity index is 1.39. The summed E-state index contributed by atoms with van der Waals surface area (Å²) in [5.41, 5.74) is 0.431. The van der Waals surface area contributed by atoms with Crippen molar-refractivity contribution in [1.82, 2.24) is 15.1 Å². The molecule has 1 saturated carbocycles. The van der Waals surface area contributed by atoms with Crippen LogP contribution >= 0.6 is 23.2 Å². The molecule has 1 aliphatic carbocycles. The first-order valence-corrected chi connectivity index (χ1v) is 9.04. The number of carbonyl (C=O) groups excluding carboxylic acids is 2. The number of carbonyl (C=O) groups is 2. The van der Waals surface area contributed by atoms with Gasteiger partial charge in [0.2, 0.25) is 5.91 Å². The van der Waals surface area contributed by atoms with Gasteiger partial charge in [-0.2, -0.15) is 0 Å². The van der Waals surface area contributed by atoms with Gasteiger partial charge in [0, 0.05) is 50.2 Å². The minimum absolute atomic E-state index is 0.195. The van der Waals surface area contributed by atoms with Gasteiger partial charge in [0.15, 0.2) is 0 Å². The first-order valence-electron chi connectivity index (χ1n) is 8.29. The summed E-state index contributed by atoms with van der Waals surface area (Å²) in [4.78, 5) is 28.4. The van der Waals surface area contributed by atoms with Gasteiger partial charge >= 0.3 is 0 Å². The molecule has 2 amide bonds. The lowest BCUT2D eigenvalue weighted by Crippen LogP contribution is -2.50. The van der Waals surface area contributed by atoms with Crippen molar-refractivity contribution < 1.29 is 9.59 Å². The van der Waals surface area contributed by atoms with Crippen LogP contribution in [-0.2, 0) is 4.79 Å². The van der Waals surface area contributed by atoms with Crippen LogP contribution in [0, 0.1) is 5.92 Å². The van der Waals surface area contributed by atoms with Crippen LogP contribution in [0.4, 0.5) is 0 Å². The van der Waals surface area contributed by atoms with Crippen molar-refractivity contribution in [3.05, 3.63) is 33.8 Å². The van der Waals surface area contributed by atoms with Crippen LogP contribution in [0.5, 0.6) is 0 Å². The fraction of sp³-hybridized carbons (Fsp3) is 0.529. The van der Waals surface area contributed by atoms with Gasteiger partial charge in [-0.3, -0.25) is 14.5 Å². The first-order chi connectivity index (χ1) is 11.5. The molecule has 5 nitrogen and oxygen atoms in total. The Morgan fingerprint density at radius 3 is 2.46 bits per heavy atom. The van der Waals surface area contributed by atoms with Crippen molar-refractivity contribution in [3.63, 3.8) is 0 Å². The number of piperazine rings is 1. The first kappa shape index (κ1) is 17.5. The van der Waals surface area contributed by atoms with Crippen molar-refractivity contribution in [2.45, 2.75) is 12.8 Å². The average molecular weight is 370 g/mol. The second-order valence-electron chi connectivity index (χ2n) is 6.32. The molecule has 2 aliphatic rings. The molecule has 0 unspecified atom stereocenters. The molecule has 2 fully saturated rings. The largest absolute Gasteiger partial charge is 0.351 e. The van der Waals surface area contributed by atoms with E-state index in [1.165, 1.54) is 0 Å². The molecule has 1 aromatic rings. The standard InChI is InChI=1S/C17H21Cl2N3O2/c18-13-3-4-14(15(19)11-13)16(23)20-5-6-21-7-9-22(10-8-21)17(24)12-1-2-12/h3-4,11-12H,1-2,5-10H2,(H,20,23). The Kier molecular flexibility index (Phi) is 5.64. The molecule has 3 rings (SSSR count). The lowest BCUT2D eigenvalue weighted by atomic mass is 10.2. The fourth-order valence-electron chi connectivity index (χ4n) is 2.88. The second-order valence-corrected chi connectivity index (χ2v) is 7.16. The van der Waals surface area contributed by atoms with E-state index in [1.807, 2.05) is 4.90 Å². The molecule has 1 heterocycles. The van der Waals surface area contributed by atoms with Crippen LogP contribution in [0.3, 0.4) is 0 Å². The number of nitrogens with one attached hydrogen (secondary N) is 1. The van der Waals surface area contributed by atoms with Crippen LogP contribution in [0.2, 0.25) is 10.0 Å². The summed E-state index contributed by atoms with van der Waals surface area (Å²) in [6.07, 6.45) is 2.11. The maximum absolute atomic E-state index is 12.1. The van der Waals surface area contributed by atoms with E-state index in [1.54, 1.807) is 18.2 Å². The molecule has 0 bridgehead atoms. The monoisotopic (exact) mass is 369 g/mol. The highest BCUT2D eigenvalue weighted by Gasteiger charge is 2.34. The summed E-state index contributed by atoms with van der Waals surface area (Å²) in [6, 6.07) is 4.84. The van der Waals surface area contributed by atoms with E-state index in [2.05, 4.69) is 10.2 Å². The van der Waals surface area contributed by atoms with Gasteiger partial charge in [-0.05, 0) is 31.0 Å². The summed E-state index contributed by atoms with van der Waals surface area (Å²) in [7, 11) is 0. The molecule has 0 aromatic heterocycles. The molecular formula is C17H21Cl2N3O2. The Bertz CT molecular complexity index is 626. The van der Waals surface area contributed by atoms with Gasteiger partial charge in [0.1, 0.15) is 0 Å². The highest BCUT2D eigenvalue weighted by molar-refractivity contribution is 6.36. The molecule has 130 valence electrons. The maximum Gasteiger partial charge on any atom is 0.252 e. The molecular weight excluding hydrogens is 349 g/mol. The predicted molar refractivity (Wildman–Crippen MR) is 94.5 cm³/mol. The maximum atomic E-state index is 12.1. The minimum atomic E-state index is -0.195. The Morgan fingerprint density at radius 2 is 1.83 bits per heavy atom. The SMILES string of the molecule is O=C(NCCN1CCN(C(=O)C2CC2)CC1)c1ccc(Cl)cc1Cl. The van der Waals surface area contributed by atoms with E-state index in [0.717, 1.165) is 45.6 Å². The lowest BCUT2D eigenvalue weighted by Gasteiger charge is -2.34. The lowest BCUT2D eigenvalue weighted by molar-refractivity contribution is -0.134. The smallest absolute Gasteiger partial charge is 0.252 e. The van der Waals surface area contributed by atoms with Gasteiger partial charge in [0.05, 0.1) is 10.6 Å². The van der Waals surface area contributed by atoms with Gasteiger partial charge in [0.25, 0.3) is 5.91 Å². The molecule has 0 spiro atoms. The van der Waals surface area contributed by atoms with E-state index in [9.17, 15) is 9.59 Å². The van der Waals surface area contributed by atoms with Crippen molar-refractivity contribution in [2.75, 3.05) is 39.3 Å². The zero-order valence-corrected chi connectivity index (χ0v) is 14.9. The molecule has 7 heteroatoms. The molecule has 0 atom stereocenters. The van der Waals surface area contributed by atoms with Crippen LogP contribution in [0.1, 0.15) is 23.2 Å². The minimum Gasteiger partial charge on any atom is -0.351 e. The number of hydrogen-bond acceptors (Lipinski definition) is 3. The van der Waals surface area contributed by atoms with Gasteiger partial charge < -0.3 is 10.2 Å². The molecule has 1 saturated heterocycles. The number of benzene rings is 1. The Hall–Kier alpha value is -1.30. The van der Waals surface area contributed by atoms with E-state index in [0.29, 0.717) is 34.0 Å². The van der Waals surface area contributed by atoms with Crippen molar-refractivity contribution in [3.8, 4) is 0 Å². The number of amides is 2. The summed E-state index contributed by atoms with van der Waals surface area (Å²) >= 11 is 11.9. The number of halogens is 2. The van der Waals surface area contributed by atoms with Crippen molar-refractivity contribution >= 4 is 35.0 Å². The number of rotatable bonds is 5. The Morgan fingerprint density at radius 1 is 1.12 bits per heavy atom. The average Bonchev–Trinajstić information content (AvgIpc) is 3.39. The normalized spacial score (nSPS) is 18.5. The number of nitrogens with zero attached hydrogens (tertiary/aromatic N) is 2. The third-order valence-electron chi connectivity index (χ3n) is 4.50. The summed E-state index contributed by atoms with van der Waals surface area (Å²) < 4.78 is 0. The van der Waals surface area contributed by atoms with E-state index in [4.69, 9.17) is 23.2 Å². The number of hydrogen-bond donors (Lipinski definition) is 1. The van der Waals surface area contributed by atoms with Gasteiger partial charge in [-0.15, -0.1) is 0 Å². The molecule has 0 radical (unpaired) electrons. The van der Waals surface area contributed by atoms with Gasteiger partial charge in [-0.25, -0.2) is 0 Å². The van der Waals surface area contributed by atoms with Crippen LogP contribution in [0.25, 0.3) is 0 Å². The van der Waals surface area contributed by atoms with E-state index < -0.39 is 0 Å². The highest BCUT2D eigenvalue weighted by atomic mass is 35.5. The van der Waals surface area contributed by atoms with Crippen LogP contribution in [-0.4, -0.2) is 60.9 Å². The molecule has 1 N–H and O–H groups in total. The fourth-order valence-corrected chi connectivity index (χ4v) is 3.37. The highest BCUT2D eigenvalue weighted by Crippen LogP contribution is 2.31. The topological polar surface area (TPSA) is 52.7 Å². The Labute approximate surface area is 151 Å². The molecule has 1 aliphatic heterocycles.